The van der Waals surface area contributed by atoms with E-state index in [0.717, 1.165) is 0 Å². The molecule has 9 heteroatoms. The molecule has 1 fully saturated rings. The zero-order valence-electron chi connectivity index (χ0n) is 18.1. The van der Waals surface area contributed by atoms with E-state index < -0.39 is 10.0 Å². The van der Waals surface area contributed by atoms with Crippen LogP contribution in [-0.4, -0.2) is 55.0 Å². The van der Waals surface area contributed by atoms with Crippen LogP contribution in [0.15, 0.2) is 35.2 Å². The number of aryl methyl sites for hydroxylation is 1. The van der Waals surface area contributed by atoms with Gasteiger partial charge in [0, 0.05) is 31.7 Å². The van der Waals surface area contributed by atoms with Crippen LogP contribution in [-0.2, 0) is 24.4 Å². The van der Waals surface area contributed by atoms with Gasteiger partial charge in [-0.05, 0) is 37.5 Å². The molecule has 8 nitrogen and oxygen atoms in total. The van der Waals surface area contributed by atoms with Crippen LogP contribution < -0.4 is 5.32 Å². The first-order valence-corrected chi connectivity index (χ1v) is 12.1. The van der Waals surface area contributed by atoms with Crippen LogP contribution >= 0.6 is 0 Å². The van der Waals surface area contributed by atoms with Gasteiger partial charge in [-0.1, -0.05) is 32.1 Å². The number of hydrogen-bond donors (Lipinski definition) is 1. The third-order valence-corrected chi connectivity index (χ3v) is 8.15. The molecule has 31 heavy (non-hydrogen) atoms. The quantitative estimate of drug-likeness (QED) is 0.486. The Morgan fingerprint density at radius 3 is 2.23 bits per heavy atom. The van der Waals surface area contributed by atoms with Crippen LogP contribution in [0.1, 0.15) is 38.7 Å². The van der Waals surface area contributed by atoms with Crippen molar-refractivity contribution in [2.75, 3.05) is 25.0 Å². The van der Waals surface area contributed by atoms with Crippen molar-refractivity contribution < 1.29 is 22.8 Å². The first kappa shape index (κ1) is 23.1. The van der Waals surface area contributed by atoms with E-state index in [1.807, 2.05) is 12.2 Å². The van der Waals surface area contributed by atoms with Gasteiger partial charge >= 0.3 is 0 Å². The Morgan fingerprint density at radius 1 is 1.10 bits per heavy atom. The van der Waals surface area contributed by atoms with Crippen LogP contribution in [0.25, 0.3) is 0 Å². The smallest absolute Gasteiger partial charge is 0.243 e. The van der Waals surface area contributed by atoms with Gasteiger partial charge in [0.05, 0.1) is 16.7 Å². The standard InChI is InChI=1S/C22H29N3O5S/c1-4-24(5-2)31(29,30)19-14-16(11-10-15(19)3)23-20(26)12-13-25-21(27)17-8-6-7-9-18(17)22(25)28/h6-7,10-11,14,17-18H,4-5,8-9,12-13H2,1-3H3,(H,23,26)/t17-,18+. The molecule has 0 unspecified atom stereocenters. The van der Waals surface area contributed by atoms with Crippen molar-refractivity contribution >= 4 is 33.4 Å². The Hall–Kier alpha value is -2.52. The molecule has 0 radical (unpaired) electrons. The fourth-order valence-electron chi connectivity index (χ4n) is 4.18. The summed E-state index contributed by atoms with van der Waals surface area (Å²) in [6, 6.07) is 4.74. The Bertz CT molecular complexity index is 988. The van der Waals surface area contributed by atoms with E-state index >= 15 is 0 Å². The Kier molecular flexibility index (Phi) is 6.96. The Labute approximate surface area is 183 Å². The van der Waals surface area contributed by atoms with Crippen molar-refractivity contribution in [2.45, 2.75) is 44.9 Å². The number of imide groups is 1. The van der Waals surface area contributed by atoms with Crippen LogP contribution in [0.3, 0.4) is 0 Å². The summed E-state index contributed by atoms with van der Waals surface area (Å²) in [5.74, 6) is -1.44. The van der Waals surface area contributed by atoms with E-state index in [1.54, 1.807) is 32.9 Å². The number of rotatable bonds is 8. The van der Waals surface area contributed by atoms with Crippen molar-refractivity contribution in [1.29, 1.82) is 0 Å². The van der Waals surface area contributed by atoms with Crippen LogP contribution in [0, 0.1) is 18.8 Å². The van der Waals surface area contributed by atoms with Crippen LogP contribution in [0.4, 0.5) is 5.69 Å². The van der Waals surface area contributed by atoms with Gasteiger partial charge in [-0.15, -0.1) is 0 Å². The number of carbonyl (C=O) groups excluding carboxylic acids is 3. The second kappa shape index (κ2) is 9.32. The summed E-state index contributed by atoms with van der Waals surface area (Å²) in [6.45, 7) is 5.98. The van der Waals surface area contributed by atoms with Crippen molar-refractivity contribution in [3.8, 4) is 0 Å². The lowest BCUT2D eigenvalue weighted by molar-refractivity contribution is -0.140. The molecule has 2 aliphatic rings. The molecule has 3 rings (SSSR count). The molecule has 0 spiro atoms. The number of anilines is 1. The predicted molar refractivity (Wildman–Crippen MR) is 117 cm³/mol. The first-order valence-electron chi connectivity index (χ1n) is 10.6. The minimum atomic E-state index is -3.66. The average molecular weight is 448 g/mol. The van der Waals surface area contributed by atoms with E-state index in [0.29, 0.717) is 37.2 Å². The summed E-state index contributed by atoms with van der Waals surface area (Å²) in [7, 11) is -3.66. The van der Waals surface area contributed by atoms with Gasteiger partial charge in [0.25, 0.3) is 0 Å². The molecule has 2 atom stereocenters. The van der Waals surface area contributed by atoms with E-state index in [9.17, 15) is 22.8 Å². The molecule has 1 aromatic carbocycles. The lowest BCUT2D eigenvalue weighted by Crippen LogP contribution is -2.34. The fourth-order valence-corrected chi connectivity index (χ4v) is 5.89. The number of hydrogen-bond acceptors (Lipinski definition) is 5. The minimum absolute atomic E-state index is 0.0208. The molecule has 1 N–H and O–H groups in total. The molecule has 3 amide bonds. The highest BCUT2D eigenvalue weighted by molar-refractivity contribution is 7.89. The molecule has 1 aromatic rings. The zero-order chi connectivity index (χ0) is 22.8. The van der Waals surface area contributed by atoms with Gasteiger partial charge in [-0.3, -0.25) is 19.3 Å². The first-order chi connectivity index (χ1) is 14.7. The van der Waals surface area contributed by atoms with E-state index in [4.69, 9.17) is 0 Å². The number of benzene rings is 1. The van der Waals surface area contributed by atoms with Gasteiger partial charge in [0.1, 0.15) is 0 Å². The maximum Gasteiger partial charge on any atom is 0.243 e. The molecule has 1 heterocycles. The molecule has 0 bridgehead atoms. The lowest BCUT2D eigenvalue weighted by atomic mass is 9.85. The summed E-state index contributed by atoms with van der Waals surface area (Å²) in [4.78, 5) is 38.8. The highest BCUT2D eigenvalue weighted by Gasteiger charge is 2.46. The molecule has 0 aromatic heterocycles. The summed E-state index contributed by atoms with van der Waals surface area (Å²) in [5.41, 5.74) is 0.952. The molecule has 0 saturated carbocycles. The molecule has 1 aliphatic carbocycles. The molecule has 1 aliphatic heterocycles. The van der Waals surface area contributed by atoms with Gasteiger partial charge < -0.3 is 5.32 Å². The highest BCUT2D eigenvalue weighted by Crippen LogP contribution is 2.35. The van der Waals surface area contributed by atoms with Crippen molar-refractivity contribution in [2.24, 2.45) is 11.8 Å². The molecule has 168 valence electrons. The van der Waals surface area contributed by atoms with Gasteiger partial charge in [0.15, 0.2) is 0 Å². The summed E-state index contributed by atoms with van der Waals surface area (Å²) >= 11 is 0. The SMILES string of the molecule is CCN(CC)S(=O)(=O)c1cc(NC(=O)CCN2C(=O)[C@H]3CC=CC[C@H]3C2=O)ccc1C. The highest BCUT2D eigenvalue weighted by atomic mass is 32.2. The van der Waals surface area contributed by atoms with Gasteiger partial charge in [-0.2, -0.15) is 4.31 Å². The average Bonchev–Trinajstić information content (AvgIpc) is 2.99. The zero-order valence-corrected chi connectivity index (χ0v) is 18.9. The number of nitrogens with one attached hydrogen (secondary N) is 1. The number of likely N-dealkylation sites (tertiary alicyclic amines) is 1. The van der Waals surface area contributed by atoms with E-state index in [2.05, 4.69) is 5.32 Å². The van der Waals surface area contributed by atoms with Crippen LogP contribution in [0.5, 0.6) is 0 Å². The Balaban J connectivity index is 1.66. The lowest BCUT2D eigenvalue weighted by Gasteiger charge is -2.20. The predicted octanol–water partition coefficient (Wildman–Crippen LogP) is 2.31. The van der Waals surface area contributed by atoms with Crippen LogP contribution in [0.2, 0.25) is 0 Å². The second-order valence-electron chi connectivity index (χ2n) is 7.85. The number of fused-ring (bicyclic) bond motifs is 1. The number of carbonyl (C=O) groups is 3. The molecular weight excluding hydrogens is 418 g/mol. The largest absolute Gasteiger partial charge is 0.326 e. The third-order valence-electron chi connectivity index (χ3n) is 5.96. The minimum Gasteiger partial charge on any atom is -0.326 e. The monoisotopic (exact) mass is 447 g/mol. The van der Waals surface area contributed by atoms with Gasteiger partial charge in [0.2, 0.25) is 27.7 Å². The van der Waals surface area contributed by atoms with Gasteiger partial charge in [-0.25, -0.2) is 8.42 Å². The topological polar surface area (TPSA) is 104 Å². The number of nitrogens with zero attached hydrogens (tertiary/aromatic N) is 2. The maximum absolute atomic E-state index is 12.9. The third kappa shape index (κ3) is 4.57. The van der Waals surface area contributed by atoms with E-state index in [-0.39, 0.29) is 47.4 Å². The summed E-state index contributed by atoms with van der Waals surface area (Å²) < 4.78 is 27.1. The number of allylic oxidation sites excluding steroid dienone is 2. The Morgan fingerprint density at radius 2 is 1.68 bits per heavy atom. The van der Waals surface area contributed by atoms with Crippen molar-refractivity contribution in [1.82, 2.24) is 9.21 Å². The summed E-state index contributed by atoms with van der Waals surface area (Å²) in [5, 5.41) is 2.69. The number of sulfonamides is 1. The molecular formula is C22H29N3O5S. The second-order valence-corrected chi connectivity index (χ2v) is 9.76. The van der Waals surface area contributed by atoms with Crippen molar-refractivity contribution in [3.63, 3.8) is 0 Å². The number of amides is 3. The summed E-state index contributed by atoms with van der Waals surface area (Å²) in [6.07, 6.45) is 4.92. The van der Waals surface area contributed by atoms with Crippen molar-refractivity contribution in [3.05, 3.63) is 35.9 Å². The normalized spacial score (nSPS) is 21.0. The fraction of sp³-hybridized carbons (Fsp3) is 0.500. The van der Waals surface area contributed by atoms with E-state index in [1.165, 1.54) is 15.3 Å². The molecule has 1 saturated heterocycles. The maximum atomic E-state index is 12.9.